The Labute approximate surface area is 169 Å². The Morgan fingerprint density at radius 1 is 1.14 bits per heavy atom. The van der Waals surface area contributed by atoms with Crippen molar-refractivity contribution in [2.24, 2.45) is 0 Å². The number of non-ortho nitro benzene ring substituents is 1. The number of nitro benzene ring substituents is 1. The Morgan fingerprint density at radius 2 is 1.90 bits per heavy atom. The number of hydrogen-bond donors (Lipinski definition) is 1. The normalized spacial score (nSPS) is 15.3. The van der Waals surface area contributed by atoms with Gasteiger partial charge in [-0.15, -0.1) is 0 Å². The molecule has 3 aromatic rings. The molecule has 1 aromatic heterocycles. The van der Waals surface area contributed by atoms with Gasteiger partial charge in [0.25, 0.3) is 5.69 Å². The van der Waals surface area contributed by atoms with Gasteiger partial charge < -0.3 is 10.1 Å². The van der Waals surface area contributed by atoms with Crippen molar-refractivity contribution < 1.29 is 9.66 Å². The second-order valence-corrected chi connectivity index (χ2v) is 7.22. The van der Waals surface area contributed by atoms with E-state index in [1.165, 1.54) is 18.4 Å². The number of anilines is 1. The third-order valence-corrected chi connectivity index (χ3v) is 5.56. The second-order valence-electron chi connectivity index (χ2n) is 7.22. The topological polar surface area (TPSA) is 80.5 Å². The molecule has 1 saturated heterocycles. The summed E-state index contributed by atoms with van der Waals surface area (Å²) in [5.41, 5.74) is 2.18. The molecule has 2 aromatic carbocycles. The van der Waals surface area contributed by atoms with Crippen LogP contribution in [-0.4, -0.2) is 41.6 Å². The number of nitrogens with zero attached hydrogens (tertiary/aromatic N) is 3. The third kappa shape index (κ3) is 4.00. The highest BCUT2D eigenvalue weighted by atomic mass is 16.6. The number of fused-ring (bicyclic) bond motifs is 1. The SMILES string of the molecule is COc1ccc(C(CNc2ccc([N+](=O)[O-])c3cnccc23)N2CCCC2)cc1. The lowest BCUT2D eigenvalue weighted by Gasteiger charge is -2.29. The first-order valence-electron chi connectivity index (χ1n) is 9.80. The van der Waals surface area contributed by atoms with Crippen molar-refractivity contribution in [3.63, 3.8) is 0 Å². The quantitative estimate of drug-likeness (QED) is 0.474. The smallest absolute Gasteiger partial charge is 0.278 e. The molecule has 0 radical (unpaired) electrons. The minimum Gasteiger partial charge on any atom is -0.497 e. The van der Waals surface area contributed by atoms with Crippen LogP contribution in [0.5, 0.6) is 5.75 Å². The van der Waals surface area contributed by atoms with Crippen LogP contribution in [0, 0.1) is 10.1 Å². The highest BCUT2D eigenvalue weighted by Crippen LogP contribution is 2.32. The van der Waals surface area contributed by atoms with Crippen molar-refractivity contribution in [2.45, 2.75) is 18.9 Å². The molecule has 0 spiro atoms. The van der Waals surface area contributed by atoms with E-state index in [2.05, 4.69) is 27.3 Å². The molecule has 1 atom stereocenters. The van der Waals surface area contributed by atoms with Gasteiger partial charge in [0.15, 0.2) is 0 Å². The Morgan fingerprint density at radius 3 is 2.59 bits per heavy atom. The van der Waals surface area contributed by atoms with Crippen molar-refractivity contribution in [3.8, 4) is 5.75 Å². The number of nitro groups is 1. The molecule has 150 valence electrons. The van der Waals surface area contributed by atoms with Crippen LogP contribution in [-0.2, 0) is 0 Å². The molecule has 1 fully saturated rings. The first-order chi connectivity index (χ1) is 14.2. The van der Waals surface area contributed by atoms with E-state index in [0.717, 1.165) is 29.9 Å². The summed E-state index contributed by atoms with van der Waals surface area (Å²) >= 11 is 0. The number of pyridine rings is 1. The van der Waals surface area contributed by atoms with Gasteiger partial charge >= 0.3 is 0 Å². The molecule has 0 bridgehead atoms. The third-order valence-electron chi connectivity index (χ3n) is 5.56. The van der Waals surface area contributed by atoms with Crippen LogP contribution in [0.3, 0.4) is 0 Å². The van der Waals surface area contributed by atoms with E-state index in [4.69, 9.17) is 4.74 Å². The summed E-state index contributed by atoms with van der Waals surface area (Å²) in [7, 11) is 1.67. The van der Waals surface area contributed by atoms with Crippen LogP contribution in [0.4, 0.5) is 11.4 Å². The Hall–Kier alpha value is -3.19. The van der Waals surface area contributed by atoms with E-state index < -0.39 is 0 Å². The first kappa shape index (κ1) is 19.1. The van der Waals surface area contributed by atoms with Gasteiger partial charge in [0.2, 0.25) is 0 Å². The number of benzene rings is 2. The molecule has 1 aliphatic rings. The Bertz CT molecular complexity index is 1000. The summed E-state index contributed by atoms with van der Waals surface area (Å²) in [6.45, 7) is 2.86. The van der Waals surface area contributed by atoms with Crippen LogP contribution in [0.15, 0.2) is 54.9 Å². The second kappa shape index (κ2) is 8.45. The van der Waals surface area contributed by atoms with Gasteiger partial charge in [0, 0.05) is 36.1 Å². The van der Waals surface area contributed by atoms with Gasteiger partial charge in [-0.3, -0.25) is 20.0 Å². The molecule has 0 amide bonds. The summed E-state index contributed by atoms with van der Waals surface area (Å²) < 4.78 is 5.29. The molecule has 1 N–H and O–H groups in total. The van der Waals surface area contributed by atoms with Gasteiger partial charge in [-0.25, -0.2) is 0 Å². The number of methoxy groups -OCH3 is 1. The summed E-state index contributed by atoms with van der Waals surface area (Å²) in [4.78, 5) is 17.5. The molecule has 29 heavy (non-hydrogen) atoms. The van der Waals surface area contributed by atoms with Crippen molar-refractivity contribution >= 4 is 22.1 Å². The Balaban J connectivity index is 1.62. The Kier molecular flexibility index (Phi) is 5.57. The van der Waals surface area contributed by atoms with E-state index in [1.54, 1.807) is 31.6 Å². The van der Waals surface area contributed by atoms with Crippen molar-refractivity contribution in [1.29, 1.82) is 0 Å². The fourth-order valence-corrected chi connectivity index (χ4v) is 4.03. The van der Waals surface area contributed by atoms with Crippen molar-refractivity contribution in [1.82, 2.24) is 9.88 Å². The lowest BCUT2D eigenvalue weighted by molar-refractivity contribution is -0.383. The van der Waals surface area contributed by atoms with E-state index >= 15 is 0 Å². The molecule has 1 aliphatic heterocycles. The predicted molar refractivity (Wildman–Crippen MR) is 113 cm³/mol. The van der Waals surface area contributed by atoms with Crippen molar-refractivity contribution in [2.75, 3.05) is 32.1 Å². The minimum atomic E-state index is -0.363. The maximum Gasteiger partial charge on any atom is 0.278 e. The molecule has 7 nitrogen and oxygen atoms in total. The predicted octanol–water partition coefficient (Wildman–Crippen LogP) is 4.40. The summed E-state index contributed by atoms with van der Waals surface area (Å²) in [5.74, 6) is 0.843. The highest BCUT2D eigenvalue weighted by Gasteiger charge is 2.24. The molecule has 4 rings (SSSR count). The molecule has 7 heteroatoms. The maximum absolute atomic E-state index is 11.3. The van der Waals surface area contributed by atoms with Gasteiger partial charge in [-0.05, 0) is 55.8 Å². The highest BCUT2D eigenvalue weighted by molar-refractivity contribution is 5.99. The number of likely N-dealkylation sites (tertiary alicyclic amines) is 1. The van der Waals surface area contributed by atoms with Gasteiger partial charge in [0.1, 0.15) is 5.75 Å². The van der Waals surface area contributed by atoms with Crippen LogP contribution in [0.2, 0.25) is 0 Å². The lowest BCUT2D eigenvalue weighted by atomic mass is 10.0. The molecule has 0 saturated carbocycles. The monoisotopic (exact) mass is 392 g/mol. The van der Waals surface area contributed by atoms with Gasteiger partial charge in [-0.2, -0.15) is 0 Å². The number of rotatable bonds is 7. The average molecular weight is 392 g/mol. The zero-order valence-corrected chi connectivity index (χ0v) is 16.4. The van der Waals surface area contributed by atoms with Crippen LogP contribution in [0.1, 0.15) is 24.4 Å². The first-order valence-corrected chi connectivity index (χ1v) is 9.80. The van der Waals surface area contributed by atoms with E-state index in [-0.39, 0.29) is 16.7 Å². The molecular weight excluding hydrogens is 368 g/mol. The van der Waals surface area contributed by atoms with Crippen LogP contribution >= 0.6 is 0 Å². The standard InChI is InChI=1S/C22H24N4O3/c1-29-17-6-4-16(5-7-17)22(25-12-2-3-13-25)15-24-20-8-9-21(26(27)28)19-14-23-11-10-18(19)20/h4-11,14,22,24H,2-3,12-13,15H2,1H3. The summed E-state index contributed by atoms with van der Waals surface area (Å²) in [5, 5.41) is 16.2. The number of nitrogens with one attached hydrogen (secondary N) is 1. The van der Waals surface area contributed by atoms with Crippen LogP contribution < -0.4 is 10.1 Å². The fourth-order valence-electron chi connectivity index (χ4n) is 4.03. The van der Waals surface area contributed by atoms with E-state index in [0.29, 0.717) is 11.9 Å². The zero-order chi connectivity index (χ0) is 20.2. The van der Waals surface area contributed by atoms with Crippen molar-refractivity contribution in [3.05, 3.63) is 70.5 Å². The summed E-state index contributed by atoms with van der Waals surface area (Å²) in [6, 6.07) is 13.6. The molecule has 1 unspecified atom stereocenters. The molecule has 2 heterocycles. The van der Waals surface area contributed by atoms with Crippen LogP contribution in [0.25, 0.3) is 10.8 Å². The molecule has 0 aliphatic carbocycles. The fraction of sp³-hybridized carbons (Fsp3) is 0.318. The average Bonchev–Trinajstić information content (AvgIpc) is 3.28. The number of hydrogen-bond acceptors (Lipinski definition) is 6. The van der Waals surface area contributed by atoms with E-state index in [9.17, 15) is 10.1 Å². The summed E-state index contributed by atoms with van der Waals surface area (Å²) in [6.07, 6.45) is 5.64. The van der Waals surface area contributed by atoms with Gasteiger partial charge in [0.05, 0.1) is 23.5 Å². The molecular formula is C22H24N4O3. The van der Waals surface area contributed by atoms with E-state index in [1.807, 2.05) is 18.2 Å². The minimum absolute atomic E-state index is 0.0740. The van der Waals surface area contributed by atoms with Gasteiger partial charge in [-0.1, -0.05) is 12.1 Å². The number of aromatic nitrogens is 1. The largest absolute Gasteiger partial charge is 0.497 e. The maximum atomic E-state index is 11.3. The lowest BCUT2D eigenvalue weighted by Crippen LogP contribution is -2.31. The number of ether oxygens (including phenoxy) is 1. The zero-order valence-electron chi connectivity index (χ0n) is 16.4.